The summed E-state index contributed by atoms with van der Waals surface area (Å²) < 4.78 is 5.07. The summed E-state index contributed by atoms with van der Waals surface area (Å²) in [5, 5.41) is 5.41. The zero-order chi connectivity index (χ0) is 19.5. The minimum Gasteiger partial charge on any atom is -0.452 e. The first-order valence-corrected chi connectivity index (χ1v) is 9.01. The summed E-state index contributed by atoms with van der Waals surface area (Å²) >= 11 is 0. The fraction of sp³-hybridized carbons (Fsp3) is 0.286. The predicted octanol–water partition coefficient (Wildman–Crippen LogP) is 3.40. The second-order valence-electron chi connectivity index (χ2n) is 6.00. The molecule has 2 rings (SSSR count). The maximum Gasteiger partial charge on any atom is 0.340 e. The first-order chi connectivity index (χ1) is 13.1. The highest BCUT2D eigenvalue weighted by atomic mass is 16.5. The summed E-state index contributed by atoms with van der Waals surface area (Å²) in [5.41, 5.74) is 1.01. The SMILES string of the molecule is CCCCCNC(=O)COC(=O)c1ccccc1NC(=O)c1ccccc1. The Balaban J connectivity index is 1.93. The number of amides is 2. The highest BCUT2D eigenvalue weighted by Crippen LogP contribution is 2.17. The zero-order valence-corrected chi connectivity index (χ0v) is 15.4. The van der Waals surface area contributed by atoms with Crippen LogP contribution in [-0.2, 0) is 9.53 Å². The van der Waals surface area contributed by atoms with Gasteiger partial charge >= 0.3 is 5.97 Å². The first-order valence-electron chi connectivity index (χ1n) is 9.01. The minimum absolute atomic E-state index is 0.195. The Hall–Kier alpha value is -3.15. The van der Waals surface area contributed by atoms with Gasteiger partial charge in [0.15, 0.2) is 6.61 Å². The van der Waals surface area contributed by atoms with Gasteiger partial charge in [-0.3, -0.25) is 9.59 Å². The molecule has 27 heavy (non-hydrogen) atoms. The van der Waals surface area contributed by atoms with Crippen molar-refractivity contribution in [3.05, 3.63) is 65.7 Å². The molecular weight excluding hydrogens is 344 g/mol. The van der Waals surface area contributed by atoms with Crippen molar-refractivity contribution >= 4 is 23.5 Å². The van der Waals surface area contributed by atoms with Gasteiger partial charge in [0.1, 0.15) is 0 Å². The molecule has 6 nitrogen and oxygen atoms in total. The van der Waals surface area contributed by atoms with Crippen LogP contribution in [-0.4, -0.2) is 30.9 Å². The van der Waals surface area contributed by atoms with Gasteiger partial charge in [-0.15, -0.1) is 0 Å². The number of hydrogen-bond donors (Lipinski definition) is 2. The van der Waals surface area contributed by atoms with Crippen LogP contribution in [0.15, 0.2) is 54.6 Å². The van der Waals surface area contributed by atoms with E-state index in [9.17, 15) is 14.4 Å². The van der Waals surface area contributed by atoms with Gasteiger partial charge in [0.2, 0.25) is 0 Å². The molecule has 0 atom stereocenters. The maximum atomic E-state index is 12.3. The number of ether oxygens (including phenoxy) is 1. The molecule has 0 heterocycles. The van der Waals surface area contributed by atoms with E-state index in [4.69, 9.17) is 4.74 Å². The molecule has 0 aliphatic heterocycles. The topological polar surface area (TPSA) is 84.5 Å². The summed E-state index contributed by atoms with van der Waals surface area (Å²) in [6.07, 6.45) is 3.00. The summed E-state index contributed by atoms with van der Waals surface area (Å²) in [7, 11) is 0. The van der Waals surface area contributed by atoms with Crippen LogP contribution in [0.25, 0.3) is 0 Å². The Morgan fingerprint density at radius 2 is 1.63 bits per heavy atom. The number of benzene rings is 2. The van der Waals surface area contributed by atoms with E-state index in [2.05, 4.69) is 17.6 Å². The van der Waals surface area contributed by atoms with E-state index in [1.54, 1.807) is 48.5 Å². The highest BCUT2D eigenvalue weighted by Gasteiger charge is 2.16. The molecule has 0 radical (unpaired) electrons. The predicted molar refractivity (Wildman–Crippen MR) is 104 cm³/mol. The molecule has 0 unspecified atom stereocenters. The average Bonchev–Trinajstić information content (AvgIpc) is 2.70. The summed E-state index contributed by atoms with van der Waals surface area (Å²) in [6.45, 7) is 2.29. The molecule has 0 fully saturated rings. The Labute approximate surface area is 158 Å². The summed E-state index contributed by atoms with van der Waals surface area (Å²) in [6, 6.07) is 15.2. The van der Waals surface area contributed by atoms with Crippen LogP contribution in [0.4, 0.5) is 5.69 Å². The van der Waals surface area contributed by atoms with E-state index in [0.717, 1.165) is 19.3 Å². The molecule has 2 amide bonds. The highest BCUT2D eigenvalue weighted by molar-refractivity contribution is 6.08. The van der Waals surface area contributed by atoms with Crippen molar-refractivity contribution in [3.63, 3.8) is 0 Å². The van der Waals surface area contributed by atoms with Crippen molar-refractivity contribution in [2.75, 3.05) is 18.5 Å². The Morgan fingerprint density at radius 3 is 2.37 bits per heavy atom. The molecule has 0 aliphatic carbocycles. The second kappa shape index (κ2) is 10.8. The van der Waals surface area contributed by atoms with E-state index < -0.39 is 5.97 Å². The standard InChI is InChI=1S/C21H24N2O4/c1-2-3-9-14-22-19(24)15-27-21(26)17-12-7-8-13-18(17)23-20(25)16-10-5-4-6-11-16/h4-8,10-13H,2-3,9,14-15H2,1H3,(H,22,24)(H,23,25). The quantitative estimate of drug-likeness (QED) is 0.525. The Bertz CT molecular complexity index is 775. The van der Waals surface area contributed by atoms with Crippen molar-refractivity contribution in [3.8, 4) is 0 Å². The number of esters is 1. The fourth-order valence-corrected chi connectivity index (χ4v) is 2.42. The van der Waals surface area contributed by atoms with Crippen LogP contribution in [0.3, 0.4) is 0 Å². The van der Waals surface area contributed by atoms with Gasteiger partial charge in [-0.2, -0.15) is 0 Å². The number of hydrogen-bond acceptors (Lipinski definition) is 4. The van der Waals surface area contributed by atoms with Crippen LogP contribution in [0.2, 0.25) is 0 Å². The van der Waals surface area contributed by atoms with Crippen LogP contribution < -0.4 is 10.6 Å². The van der Waals surface area contributed by atoms with Gasteiger partial charge < -0.3 is 15.4 Å². The van der Waals surface area contributed by atoms with Crippen molar-refractivity contribution in [1.82, 2.24) is 5.32 Å². The lowest BCUT2D eigenvalue weighted by atomic mass is 10.1. The van der Waals surface area contributed by atoms with Gasteiger partial charge in [-0.1, -0.05) is 50.1 Å². The lowest BCUT2D eigenvalue weighted by Gasteiger charge is -2.11. The third-order valence-corrected chi connectivity index (χ3v) is 3.87. The summed E-state index contributed by atoms with van der Waals surface area (Å²) in [4.78, 5) is 36.3. The van der Waals surface area contributed by atoms with Crippen molar-refractivity contribution in [2.45, 2.75) is 26.2 Å². The first kappa shape index (κ1) is 20.2. The van der Waals surface area contributed by atoms with Gasteiger partial charge in [0, 0.05) is 12.1 Å². The van der Waals surface area contributed by atoms with Gasteiger partial charge in [0.05, 0.1) is 11.3 Å². The average molecular weight is 368 g/mol. The monoisotopic (exact) mass is 368 g/mol. The van der Waals surface area contributed by atoms with E-state index in [0.29, 0.717) is 17.8 Å². The molecule has 6 heteroatoms. The molecule has 0 aliphatic rings. The van der Waals surface area contributed by atoms with Crippen LogP contribution in [0.5, 0.6) is 0 Å². The summed E-state index contributed by atoms with van der Waals surface area (Å²) in [5.74, 6) is -1.34. The van der Waals surface area contributed by atoms with E-state index >= 15 is 0 Å². The van der Waals surface area contributed by atoms with E-state index in [1.165, 1.54) is 0 Å². The number of para-hydroxylation sites is 1. The lowest BCUT2D eigenvalue weighted by Crippen LogP contribution is -2.29. The van der Waals surface area contributed by atoms with Gasteiger partial charge in [0.25, 0.3) is 11.8 Å². The van der Waals surface area contributed by atoms with Crippen LogP contribution in [0.1, 0.15) is 46.9 Å². The third kappa shape index (κ3) is 6.58. The number of unbranched alkanes of at least 4 members (excludes halogenated alkanes) is 2. The fourth-order valence-electron chi connectivity index (χ4n) is 2.42. The molecule has 0 saturated carbocycles. The van der Waals surface area contributed by atoms with Crippen molar-refractivity contribution in [1.29, 1.82) is 0 Å². The number of carbonyl (C=O) groups excluding carboxylic acids is 3. The lowest BCUT2D eigenvalue weighted by molar-refractivity contribution is -0.124. The molecule has 0 aromatic heterocycles. The Kier molecular flexibility index (Phi) is 8.03. The minimum atomic E-state index is -0.664. The molecular formula is C21H24N2O4. The largest absolute Gasteiger partial charge is 0.452 e. The molecule has 0 spiro atoms. The number of carbonyl (C=O) groups is 3. The number of rotatable bonds is 9. The number of nitrogens with one attached hydrogen (secondary N) is 2. The normalized spacial score (nSPS) is 10.1. The van der Waals surface area contributed by atoms with Crippen molar-refractivity contribution < 1.29 is 19.1 Å². The maximum absolute atomic E-state index is 12.3. The van der Waals surface area contributed by atoms with Crippen molar-refractivity contribution in [2.24, 2.45) is 0 Å². The molecule has 2 N–H and O–H groups in total. The molecule has 2 aromatic carbocycles. The van der Waals surface area contributed by atoms with E-state index in [1.807, 2.05) is 6.07 Å². The zero-order valence-electron chi connectivity index (χ0n) is 15.4. The van der Waals surface area contributed by atoms with Crippen LogP contribution in [0, 0.1) is 0 Å². The number of anilines is 1. The van der Waals surface area contributed by atoms with E-state index in [-0.39, 0.29) is 24.0 Å². The van der Waals surface area contributed by atoms with Gasteiger partial charge in [-0.05, 0) is 30.7 Å². The second-order valence-corrected chi connectivity index (χ2v) is 6.00. The molecule has 0 saturated heterocycles. The molecule has 2 aromatic rings. The molecule has 0 bridgehead atoms. The Morgan fingerprint density at radius 1 is 0.926 bits per heavy atom. The third-order valence-electron chi connectivity index (χ3n) is 3.87. The van der Waals surface area contributed by atoms with Gasteiger partial charge in [-0.25, -0.2) is 4.79 Å². The van der Waals surface area contributed by atoms with Crippen LogP contribution >= 0.6 is 0 Å². The molecule has 142 valence electrons. The smallest absolute Gasteiger partial charge is 0.340 e.